The minimum absolute atomic E-state index is 0.0446. The number of ether oxygens (including phenoxy) is 1. The maximum absolute atomic E-state index is 13.3. The van der Waals surface area contributed by atoms with Gasteiger partial charge in [-0.25, -0.2) is 9.37 Å². The molecule has 0 aliphatic heterocycles. The number of rotatable bonds is 5. The smallest absolute Gasteiger partial charge is 0.214 e. The summed E-state index contributed by atoms with van der Waals surface area (Å²) >= 11 is 0. The van der Waals surface area contributed by atoms with Gasteiger partial charge in [-0.05, 0) is 59.7 Å². The van der Waals surface area contributed by atoms with E-state index in [1.807, 2.05) is 18.2 Å². The number of pyridine rings is 2. The summed E-state index contributed by atoms with van der Waals surface area (Å²) in [5.41, 5.74) is 5.80. The SMILES string of the molecule is OCc1cncc(-c2cc(OCc3cccc(F)c3)nc3c2CCC3)c1. The summed E-state index contributed by atoms with van der Waals surface area (Å²) in [4.78, 5) is 8.86. The van der Waals surface area contributed by atoms with E-state index in [1.165, 1.54) is 17.7 Å². The molecule has 0 saturated carbocycles. The number of halogens is 1. The van der Waals surface area contributed by atoms with Crippen molar-refractivity contribution in [3.05, 3.63) is 77.0 Å². The minimum Gasteiger partial charge on any atom is -0.473 e. The topological polar surface area (TPSA) is 55.2 Å². The van der Waals surface area contributed by atoms with E-state index >= 15 is 0 Å². The van der Waals surface area contributed by atoms with Crippen LogP contribution in [0.25, 0.3) is 11.1 Å². The first-order valence-corrected chi connectivity index (χ1v) is 8.68. The summed E-state index contributed by atoms with van der Waals surface area (Å²) in [5.74, 6) is 0.250. The van der Waals surface area contributed by atoms with Crippen molar-refractivity contribution < 1.29 is 14.2 Å². The van der Waals surface area contributed by atoms with E-state index in [0.717, 1.165) is 47.2 Å². The molecular weight excluding hydrogens is 331 g/mol. The van der Waals surface area contributed by atoms with Crippen LogP contribution in [-0.2, 0) is 26.1 Å². The predicted molar refractivity (Wildman–Crippen MR) is 96.1 cm³/mol. The Morgan fingerprint density at radius 2 is 2.00 bits per heavy atom. The molecule has 26 heavy (non-hydrogen) atoms. The summed E-state index contributed by atoms with van der Waals surface area (Å²) in [6, 6.07) is 10.2. The first-order chi connectivity index (χ1) is 12.7. The zero-order valence-electron chi connectivity index (χ0n) is 14.3. The van der Waals surface area contributed by atoms with Crippen LogP contribution in [0.2, 0.25) is 0 Å². The molecule has 1 aliphatic carbocycles. The summed E-state index contributed by atoms with van der Waals surface area (Å²) in [7, 11) is 0. The summed E-state index contributed by atoms with van der Waals surface area (Å²) in [5, 5.41) is 9.38. The van der Waals surface area contributed by atoms with Gasteiger partial charge in [-0.1, -0.05) is 12.1 Å². The summed E-state index contributed by atoms with van der Waals surface area (Å²) in [6.07, 6.45) is 6.42. The Kier molecular flexibility index (Phi) is 4.63. The van der Waals surface area contributed by atoms with E-state index in [9.17, 15) is 9.50 Å². The van der Waals surface area contributed by atoms with Crippen molar-refractivity contribution in [2.45, 2.75) is 32.5 Å². The van der Waals surface area contributed by atoms with Crippen molar-refractivity contribution in [2.24, 2.45) is 0 Å². The maximum Gasteiger partial charge on any atom is 0.214 e. The largest absolute Gasteiger partial charge is 0.473 e. The molecule has 2 aromatic heterocycles. The Hall–Kier alpha value is -2.79. The lowest BCUT2D eigenvalue weighted by molar-refractivity contribution is 0.281. The van der Waals surface area contributed by atoms with Gasteiger partial charge in [-0.2, -0.15) is 0 Å². The molecule has 0 bridgehead atoms. The van der Waals surface area contributed by atoms with Gasteiger partial charge in [0.15, 0.2) is 0 Å². The number of fused-ring (bicyclic) bond motifs is 1. The fourth-order valence-electron chi connectivity index (χ4n) is 3.35. The fourth-order valence-corrected chi connectivity index (χ4v) is 3.35. The van der Waals surface area contributed by atoms with Crippen molar-refractivity contribution in [2.75, 3.05) is 0 Å². The molecule has 3 aromatic rings. The van der Waals surface area contributed by atoms with Crippen LogP contribution in [-0.4, -0.2) is 15.1 Å². The van der Waals surface area contributed by atoms with Gasteiger partial charge >= 0.3 is 0 Å². The van der Waals surface area contributed by atoms with Gasteiger partial charge in [-0.3, -0.25) is 4.98 Å². The molecule has 1 aromatic carbocycles. The highest BCUT2D eigenvalue weighted by Gasteiger charge is 2.20. The number of nitrogens with zero attached hydrogens (tertiary/aromatic N) is 2. The maximum atomic E-state index is 13.3. The van der Waals surface area contributed by atoms with Crippen LogP contribution in [0.3, 0.4) is 0 Å². The second-order valence-electron chi connectivity index (χ2n) is 6.45. The average molecular weight is 350 g/mol. The Balaban J connectivity index is 1.66. The number of aliphatic hydroxyl groups excluding tert-OH is 1. The molecule has 0 saturated heterocycles. The van der Waals surface area contributed by atoms with Crippen molar-refractivity contribution in [3.63, 3.8) is 0 Å². The van der Waals surface area contributed by atoms with Crippen molar-refractivity contribution in [1.82, 2.24) is 9.97 Å². The van der Waals surface area contributed by atoms with Crippen molar-refractivity contribution >= 4 is 0 Å². The molecular formula is C21H19FN2O2. The number of hydrogen-bond donors (Lipinski definition) is 1. The van der Waals surface area contributed by atoms with Gasteiger partial charge < -0.3 is 9.84 Å². The predicted octanol–water partition coefficient (Wildman–Crippen LogP) is 3.84. The molecule has 0 amide bonds. The highest BCUT2D eigenvalue weighted by Crippen LogP contribution is 2.34. The monoisotopic (exact) mass is 350 g/mol. The standard InChI is InChI=1S/C21H19FN2O2/c22-17-4-1-3-14(8-17)13-26-21-9-19(18-5-2-6-20(18)24-21)16-7-15(12-25)10-23-11-16/h1,3-4,7-11,25H,2,5-6,12-13H2. The zero-order chi connectivity index (χ0) is 17.9. The molecule has 1 aliphatic rings. The Labute approximate surface area is 151 Å². The van der Waals surface area contributed by atoms with E-state index in [4.69, 9.17) is 4.74 Å². The van der Waals surface area contributed by atoms with Crippen molar-refractivity contribution in [1.29, 1.82) is 0 Å². The Bertz CT molecular complexity index is 943. The second kappa shape index (κ2) is 7.22. The molecule has 5 heteroatoms. The zero-order valence-corrected chi connectivity index (χ0v) is 14.3. The molecule has 4 rings (SSSR count). The second-order valence-corrected chi connectivity index (χ2v) is 6.45. The van der Waals surface area contributed by atoms with E-state index in [2.05, 4.69) is 9.97 Å². The van der Waals surface area contributed by atoms with Crippen LogP contribution >= 0.6 is 0 Å². The third-order valence-corrected chi connectivity index (χ3v) is 4.59. The first kappa shape index (κ1) is 16.7. The lowest BCUT2D eigenvalue weighted by Gasteiger charge is -2.13. The Morgan fingerprint density at radius 3 is 2.85 bits per heavy atom. The number of aromatic nitrogens is 2. The number of benzene rings is 1. The molecule has 0 unspecified atom stereocenters. The van der Waals surface area contributed by atoms with Gasteiger partial charge in [0.2, 0.25) is 5.88 Å². The molecule has 0 atom stereocenters. The fraction of sp³-hybridized carbons (Fsp3) is 0.238. The minimum atomic E-state index is -0.277. The van der Waals surface area contributed by atoms with Gasteiger partial charge in [-0.15, -0.1) is 0 Å². The number of aliphatic hydroxyl groups is 1. The van der Waals surface area contributed by atoms with Gasteiger partial charge in [0.1, 0.15) is 12.4 Å². The van der Waals surface area contributed by atoms with Gasteiger partial charge in [0.25, 0.3) is 0 Å². The third kappa shape index (κ3) is 3.44. The average Bonchev–Trinajstić information content (AvgIpc) is 3.14. The number of aryl methyl sites for hydroxylation is 1. The third-order valence-electron chi connectivity index (χ3n) is 4.59. The van der Waals surface area contributed by atoms with Gasteiger partial charge in [0.05, 0.1) is 6.61 Å². The van der Waals surface area contributed by atoms with Crippen LogP contribution in [0.4, 0.5) is 4.39 Å². The normalized spacial score (nSPS) is 12.8. The molecule has 4 nitrogen and oxygen atoms in total. The number of hydrogen-bond acceptors (Lipinski definition) is 4. The molecule has 132 valence electrons. The van der Waals surface area contributed by atoms with E-state index < -0.39 is 0 Å². The first-order valence-electron chi connectivity index (χ1n) is 8.68. The highest BCUT2D eigenvalue weighted by molar-refractivity contribution is 5.69. The quantitative estimate of drug-likeness (QED) is 0.759. The lowest BCUT2D eigenvalue weighted by atomic mass is 10.00. The molecule has 1 N–H and O–H groups in total. The van der Waals surface area contributed by atoms with Crippen molar-refractivity contribution in [3.8, 4) is 17.0 Å². The molecule has 0 radical (unpaired) electrons. The lowest BCUT2D eigenvalue weighted by Crippen LogP contribution is -2.01. The van der Waals surface area contributed by atoms with Crippen LogP contribution in [0.1, 0.15) is 28.8 Å². The van der Waals surface area contributed by atoms with E-state index in [-0.39, 0.29) is 19.0 Å². The summed E-state index contributed by atoms with van der Waals surface area (Å²) in [6.45, 7) is 0.217. The van der Waals surface area contributed by atoms with Crippen LogP contribution in [0.5, 0.6) is 5.88 Å². The highest BCUT2D eigenvalue weighted by atomic mass is 19.1. The molecule has 2 heterocycles. The molecule has 0 fully saturated rings. The van der Waals surface area contributed by atoms with Crippen LogP contribution in [0.15, 0.2) is 48.8 Å². The van der Waals surface area contributed by atoms with Crippen LogP contribution in [0, 0.1) is 5.82 Å². The van der Waals surface area contributed by atoms with Crippen LogP contribution < -0.4 is 4.74 Å². The summed E-state index contributed by atoms with van der Waals surface area (Å²) < 4.78 is 19.2. The Morgan fingerprint density at radius 1 is 1.08 bits per heavy atom. The van der Waals surface area contributed by atoms with E-state index in [1.54, 1.807) is 18.5 Å². The molecule has 0 spiro atoms. The van der Waals surface area contributed by atoms with E-state index in [0.29, 0.717) is 5.88 Å². The van der Waals surface area contributed by atoms with Gasteiger partial charge in [0, 0.05) is 29.7 Å².